The van der Waals surface area contributed by atoms with Gasteiger partial charge < -0.3 is 4.74 Å². The number of benzene rings is 2. The fraction of sp³-hybridized carbons (Fsp3) is 0.320. The van der Waals surface area contributed by atoms with Crippen molar-refractivity contribution in [3.8, 4) is 17.3 Å². The Morgan fingerprint density at radius 1 is 1.20 bits per heavy atom. The van der Waals surface area contributed by atoms with Crippen molar-refractivity contribution in [2.45, 2.75) is 36.9 Å². The Balaban J connectivity index is 1.38. The minimum absolute atomic E-state index is 0.0640. The first-order valence-corrected chi connectivity index (χ1v) is 14.0. The monoisotopic (exact) mass is 598 g/mol. The molecule has 212 valence electrons. The van der Waals surface area contributed by atoms with Crippen LogP contribution >= 0.6 is 11.6 Å². The number of anilines is 1. The van der Waals surface area contributed by atoms with Crippen LogP contribution in [0.1, 0.15) is 12.1 Å². The van der Waals surface area contributed by atoms with E-state index in [1.54, 1.807) is 6.92 Å². The van der Waals surface area contributed by atoms with Gasteiger partial charge in [0.05, 0.1) is 6.54 Å². The molecule has 1 aliphatic rings. The molecule has 2 atom stereocenters. The largest absolute Gasteiger partial charge is 0.471 e. The van der Waals surface area contributed by atoms with Gasteiger partial charge in [-0.2, -0.15) is 10.1 Å². The van der Waals surface area contributed by atoms with E-state index < -0.39 is 46.0 Å². The third kappa shape index (κ3) is 5.98. The average Bonchev–Trinajstić information content (AvgIpc) is 3.27. The average molecular weight is 599 g/mol. The summed E-state index contributed by atoms with van der Waals surface area (Å²) in [5, 5.41) is 7.48. The first kappa shape index (κ1) is 28.1. The Hall–Kier alpha value is -3.49. The highest BCUT2D eigenvalue weighted by Gasteiger charge is 2.33. The van der Waals surface area contributed by atoms with Crippen molar-refractivity contribution in [3.05, 3.63) is 59.0 Å². The van der Waals surface area contributed by atoms with E-state index in [4.69, 9.17) is 16.3 Å². The van der Waals surface area contributed by atoms with Gasteiger partial charge in [-0.15, -0.1) is 0 Å². The molecule has 0 bridgehead atoms. The summed E-state index contributed by atoms with van der Waals surface area (Å²) in [6.07, 6.45) is -4.78. The molecular weight excluding hydrogens is 576 g/mol. The molecule has 3 heterocycles. The van der Waals surface area contributed by atoms with Gasteiger partial charge in [-0.25, -0.2) is 31.0 Å². The molecule has 2 aromatic carbocycles. The molecule has 0 aliphatic carbocycles. The summed E-state index contributed by atoms with van der Waals surface area (Å²) in [6, 6.07) is 9.17. The van der Waals surface area contributed by atoms with Crippen LogP contribution < -0.4 is 9.46 Å². The first-order chi connectivity index (χ1) is 19.0. The number of piperidine rings is 1. The predicted molar refractivity (Wildman–Crippen MR) is 140 cm³/mol. The summed E-state index contributed by atoms with van der Waals surface area (Å²) in [4.78, 5) is 9.67. The first-order valence-electron chi connectivity index (χ1n) is 12.1. The number of aromatic amines is 1. The predicted octanol–water partition coefficient (Wildman–Crippen LogP) is 4.98. The summed E-state index contributed by atoms with van der Waals surface area (Å²) < 4.78 is 88.0. The van der Waals surface area contributed by atoms with E-state index in [1.165, 1.54) is 35.2 Å². The highest BCUT2D eigenvalue weighted by molar-refractivity contribution is 7.92. The minimum atomic E-state index is -4.26. The van der Waals surface area contributed by atoms with E-state index in [1.807, 2.05) is 0 Å². The molecule has 40 heavy (non-hydrogen) atoms. The van der Waals surface area contributed by atoms with E-state index in [0.717, 1.165) is 12.1 Å². The number of fused-ring (bicyclic) bond motifs is 1. The van der Waals surface area contributed by atoms with Crippen molar-refractivity contribution in [1.82, 2.24) is 25.1 Å². The molecule has 2 aromatic heterocycles. The smallest absolute Gasteiger partial charge is 0.264 e. The second-order valence-corrected chi connectivity index (χ2v) is 11.4. The summed E-state index contributed by atoms with van der Waals surface area (Å²) in [6.45, 7) is 1.29. The van der Waals surface area contributed by atoms with Crippen LogP contribution in [0.3, 0.4) is 0 Å². The number of nitrogens with zero attached hydrogens (tertiary/aromatic N) is 4. The summed E-state index contributed by atoms with van der Waals surface area (Å²) in [5.41, 5.74) is 1.48. The molecule has 15 heteroatoms. The van der Waals surface area contributed by atoms with E-state index >= 15 is 0 Å². The molecule has 0 amide bonds. The molecular formula is C25H23ClF4N6O3S. The van der Waals surface area contributed by atoms with Crippen molar-refractivity contribution < 1.29 is 30.7 Å². The second kappa shape index (κ2) is 11.2. The molecule has 1 saturated heterocycles. The zero-order valence-electron chi connectivity index (χ0n) is 20.9. The fourth-order valence-electron chi connectivity index (χ4n) is 4.41. The Morgan fingerprint density at radius 3 is 2.65 bits per heavy atom. The van der Waals surface area contributed by atoms with Crippen LogP contribution in [0.2, 0.25) is 5.02 Å². The lowest BCUT2D eigenvalue weighted by molar-refractivity contribution is -0.00249. The molecule has 1 fully saturated rings. The number of likely N-dealkylation sites (tertiary alicyclic amines) is 1. The number of hydrogen-bond acceptors (Lipinski definition) is 7. The van der Waals surface area contributed by atoms with Crippen LogP contribution in [0.25, 0.3) is 22.4 Å². The van der Waals surface area contributed by atoms with Crippen LogP contribution in [0.4, 0.5) is 23.2 Å². The standard InChI is InChI=1S/C25H23ClF4N6O3S/c1-13-22-24(34-33-13)31-23(32-25(22)39-19-8-9-36(11-18(19)28)12-21(29)30)14-2-5-16(6-3-14)35-40(37,38)20-10-15(26)4-7-17(20)27/h2-7,10,18-19,21,35H,8-9,11-12H2,1H3,(H,31,32,33,34)/t18-,19+/m0/s1. The zero-order valence-corrected chi connectivity index (χ0v) is 22.5. The van der Waals surface area contributed by atoms with Crippen LogP contribution in [-0.4, -0.2) is 71.8 Å². The number of H-pyrrole nitrogens is 1. The van der Waals surface area contributed by atoms with Crippen molar-refractivity contribution in [3.63, 3.8) is 0 Å². The van der Waals surface area contributed by atoms with Crippen molar-refractivity contribution in [2.75, 3.05) is 24.4 Å². The van der Waals surface area contributed by atoms with E-state index in [2.05, 4.69) is 24.9 Å². The van der Waals surface area contributed by atoms with Gasteiger partial charge in [0, 0.05) is 41.5 Å². The molecule has 2 N–H and O–H groups in total. The van der Waals surface area contributed by atoms with Crippen molar-refractivity contribution >= 4 is 38.3 Å². The van der Waals surface area contributed by atoms with Crippen LogP contribution in [0.15, 0.2) is 47.4 Å². The number of nitrogens with one attached hydrogen (secondary N) is 2. The quantitative estimate of drug-likeness (QED) is 0.275. The molecule has 0 radical (unpaired) electrons. The number of aryl methyl sites for hydroxylation is 1. The highest BCUT2D eigenvalue weighted by atomic mass is 35.5. The Morgan fingerprint density at radius 2 is 1.95 bits per heavy atom. The molecule has 0 spiro atoms. The Kier molecular flexibility index (Phi) is 7.84. The molecule has 9 nitrogen and oxygen atoms in total. The lowest BCUT2D eigenvalue weighted by Crippen LogP contribution is -2.48. The van der Waals surface area contributed by atoms with Gasteiger partial charge in [0.15, 0.2) is 11.5 Å². The summed E-state index contributed by atoms with van der Waals surface area (Å²) in [5.74, 6) is -0.690. The van der Waals surface area contributed by atoms with E-state index in [9.17, 15) is 26.0 Å². The third-order valence-electron chi connectivity index (χ3n) is 6.36. The number of hydrogen-bond donors (Lipinski definition) is 2. The molecule has 4 aromatic rings. The van der Waals surface area contributed by atoms with Gasteiger partial charge >= 0.3 is 0 Å². The Labute approximate surface area is 231 Å². The maximum Gasteiger partial charge on any atom is 0.264 e. The molecule has 1 aliphatic heterocycles. The van der Waals surface area contributed by atoms with E-state index in [0.29, 0.717) is 16.6 Å². The third-order valence-corrected chi connectivity index (χ3v) is 8.00. The van der Waals surface area contributed by atoms with E-state index in [-0.39, 0.29) is 47.6 Å². The number of rotatable bonds is 8. The van der Waals surface area contributed by atoms with Crippen molar-refractivity contribution in [1.29, 1.82) is 0 Å². The minimum Gasteiger partial charge on any atom is -0.471 e. The summed E-state index contributed by atoms with van der Waals surface area (Å²) in [7, 11) is -4.26. The van der Waals surface area contributed by atoms with Crippen LogP contribution in [0.5, 0.6) is 5.88 Å². The van der Waals surface area contributed by atoms with Gasteiger partial charge in [0.1, 0.15) is 28.4 Å². The Bertz CT molecular complexity index is 1640. The molecule has 0 saturated carbocycles. The summed E-state index contributed by atoms with van der Waals surface area (Å²) >= 11 is 5.82. The number of alkyl halides is 3. The maximum absolute atomic E-state index is 14.9. The zero-order chi connectivity index (χ0) is 28.6. The lowest BCUT2D eigenvalue weighted by atomic mass is 10.1. The molecule has 5 rings (SSSR count). The van der Waals surface area contributed by atoms with Gasteiger partial charge in [-0.1, -0.05) is 11.6 Å². The van der Waals surface area contributed by atoms with Gasteiger partial charge in [-0.05, 0) is 49.4 Å². The fourth-order valence-corrected chi connectivity index (χ4v) is 5.81. The normalized spacial score (nSPS) is 18.4. The van der Waals surface area contributed by atoms with Gasteiger partial charge in [0.2, 0.25) is 5.88 Å². The SMILES string of the molecule is Cc1[nH]nc2nc(-c3ccc(NS(=O)(=O)c4cc(Cl)ccc4F)cc3)nc(O[C@@H]3CCN(CC(F)F)C[C@@H]3F)c12. The molecule has 0 unspecified atom stereocenters. The lowest BCUT2D eigenvalue weighted by Gasteiger charge is -2.34. The van der Waals surface area contributed by atoms with Crippen LogP contribution in [-0.2, 0) is 10.0 Å². The van der Waals surface area contributed by atoms with Gasteiger partial charge in [0.25, 0.3) is 16.4 Å². The number of aromatic nitrogens is 4. The number of halogens is 5. The number of sulfonamides is 1. The topological polar surface area (TPSA) is 113 Å². The van der Waals surface area contributed by atoms with Crippen molar-refractivity contribution in [2.24, 2.45) is 0 Å². The van der Waals surface area contributed by atoms with Crippen LogP contribution in [0, 0.1) is 12.7 Å². The highest BCUT2D eigenvalue weighted by Crippen LogP contribution is 2.31. The maximum atomic E-state index is 14.9. The number of ether oxygens (including phenoxy) is 1. The van der Waals surface area contributed by atoms with Gasteiger partial charge in [-0.3, -0.25) is 14.7 Å². The second-order valence-electron chi connectivity index (χ2n) is 9.27.